The molecule has 136 valence electrons. The standard InChI is InChI=1S/C19H19FN2O4/c1-12(23)16-10-15(20)8-9-17(16)26-13(2)18(24)22-19(25)21-11-14-6-4-3-5-7-14/h3-10,13H,11H2,1-2H3,(H2,21,22,24,25)/t13-/m0/s1. The lowest BCUT2D eigenvalue weighted by atomic mass is 10.1. The lowest BCUT2D eigenvalue weighted by Gasteiger charge is -2.16. The minimum absolute atomic E-state index is 0.0261. The molecular weight excluding hydrogens is 339 g/mol. The number of benzene rings is 2. The van der Waals surface area contributed by atoms with Crippen LogP contribution in [0.5, 0.6) is 5.75 Å². The zero-order chi connectivity index (χ0) is 19.1. The van der Waals surface area contributed by atoms with Crippen molar-refractivity contribution in [3.8, 4) is 5.75 Å². The quantitative estimate of drug-likeness (QED) is 0.778. The molecule has 0 radical (unpaired) electrons. The molecule has 0 unspecified atom stereocenters. The van der Waals surface area contributed by atoms with E-state index >= 15 is 0 Å². The Bertz CT molecular complexity index is 808. The van der Waals surface area contributed by atoms with E-state index in [0.29, 0.717) is 0 Å². The predicted molar refractivity (Wildman–Crippen MR) is 93.3 cm³/mol. The SMILES string of the molecule is CC(=O)c1cc(F)ccc1O[C@@H](C)C(=O)NC(=O)NCc1ccccc1. The first-order chi connectivity index (χ1) is 12.4. The van der Waals surface area contributed by atoms with E-state index in [1.54, 1.807) is 0 Å². The molecule has 0 fully saturated rings. The summed E-state index contributed by atoms with van der Waals surface area (Å²) < 4.78 is 18.7. The number of carbonyl (C=O) groups is 3. The van der Waals surface area contributed by atoms with E-state index in [9.17, 15) is 18.8 Å². The van der Waals surface area contributed by atoms with Crippen LogP contribution >= 0.6 is 0 Å². The number of imide groups is 1. The lowest BCUT2D eigenvalue weighted by molar-refractivity contribution is -0.126. The maximum absolute atomic E-state index is 13.3. The first-order valence-corrected chi connectivity index (χ1v) is 7.96. The zero-order valence-corrected chi connectivity index (χ0v) is 14.4. The van der Waals surface area contributed by atoms with Crippen molar-refractivity contribution in [1.82, 2.24) is 10.6 Å². The van der Waals surface area contributed by atoms with E-state index < -0.39 is 29.6 Å². The molecule has 0 aliphatic carbocycles. The van der Waals surface area contributed by atoms with E-state index in [1.165, 1.54) is 19.9 Å². The number of hydrogen-bond donors (Lipinski definition) is 2. The first kappa shape index (κ1) is 19.1. The van der Waals surface area contributed by atoms with Crippen LogP contribution in [0, 0.1) is 5.82 Å². The molecule has 0 bridgehead atoms. The highest BCUT2D eigenvalue weighted by Gasteiger charge is 2.20. The molecule has 3 amide bonds. The van der Waals surface area contributed by atoms with Crippen LogP contribution in [0.4, 0.5) is 9.18 Å². The molecule has 2 aromatic rings. The maximum atomic E-state index is 13.3. The molecular formula is C19H19FN2O4. The van der Waals surface area contributed by atoms with Crippen LogP contribution in [0.15, 0.2) is 48.5 Å². The van der Waals surface area contributed by atoms with Gasteiger partial charge in [0.15, 0.2) is 11.9 Å². The number of halogens is 1. The van der Waals surface area contributed by atoms with Gasteiger partial charge in [0.05, 0.1) is 5.56 Å². The summed E-state index contributed by atoms with van der Waals surface area (Å²) >= 11 is 0. The molecule has 0 saturated carbocycles. The van der Waals surface area contributed by atoms with Gasteiger partial charge in [-0.15, -0.1) is 0 Å². The van der Waals surface area contributed by atoms with Crippen LogP contribution in [0.1, 0.15) is 29.8 Å². The van der Waals surface area contributed by atoms with Crippen LogP contribution in [0.2, 0.25) is 0 Å². The summed E-state index contributed by atoms with van der Waals surface area (Å²) in [6.07, 6.45) is -1.05. The highest BCUT2D eigenvalue weighted by Crippen LogP contribution is 2.21. The van der Waals surface area contributed by atoms with Gasteiger partial charge in [0.2, 0.25) is 0 Å². The van der Waals surface area contributed by atoms with Crippen molar-refractivity contribution in [3.63, 3.8) is 0 Å². The Kier molecular flexibility index (Phi) is 6.43. The normalized spacial score (nSPS) is 11.3. The Hall–Kier alpha value is -3.22. The number of hydrogen-bond acceptors (Lipinski definition) is 4. The molecule has 2 rings (SSSR count). The Labute approximate surface area is 150 Å². The fourth-order valence-corrected chi connectivity index (χ4v) is 2.16. The third kappa shape index (κ3) is 5.41. The zero-order valence-electron chi connectivity index (χ0n) is 14.4. The number of carbonyl (C=O) groups excluding carboxylic acids is 3. The van der Waals surface area contributed by atoms with Crippen LogP contribution in [-0.4, -0.2) is 23.8 Å². The summed E-state index contributed by atoms with van der Waals surface area (Å²) in [5, 5.41) is 4.71. The summed E-state index contributed by atoms with van der Waals surface area (Å²) in [5.74, 6) is -1.59. The largest absolute Gasteiger partial charge is 0.480 e. The van der Waals surface area contributed by atoms with Crippen LogP contribution < -0.4 is 15.4 Å². The lowest BCUT2D eigenvalue weighted by Crippen LogP contribution is -2.45. The number of urea groups is 1. The third-order valence-electron chi connectivity index (χ3n) is 3.53. The average Bonchev–Trinajstić information content (AvgIpc) is 2.62. The highest BCUT2D eigenvalue weighted by atomic mass is 19.1. The summed E-state index contributed by atoms with van der Waals surface area (Å²) in [5.41, 5.74) is 0.912. The fraction of sp³-hybridized carbons (Fsp3) is 0.211. The van der Waals surface area contributed by atoms with E-state index in [1.807, 2.05) is 30.3 Å². The van der Waals surface area contributed by atoms with Gasteiger partial charge in [0.25, 0.3) is 5.91 Å². The van der Waals surface area contributed by atoms with Crippen molar-refractivity contribution >= 4 is 17.7 Å². The van der Waals surface area contributed by atoms with Gasteiger partial charge in [-0.2, -0.15) is 0 Å². The third-order valence-corrected chi connectivity index (χ3v) is 3.53. The van der Waals surface area contributed by atoms with Crippen molar-refractivity contribution in [2.24, 2.45) is 0 Å². The molecule has 0 aromatic heterocycles. The van der Waals surface area contributed by atoms with Gasteiger partial charge in [-0.05, 0) is 37.6 Å². The van der Waals surface area contributed by atoms with Gasteiger partial charge >= 0.3 is 6.03 Å². The number of ketones is 1. The summed E-state index contributed by atoms with van der Waals surface area (Å²) in [7, 11) is 0. The van der Waals surface area contributed by atoms with Crippen molar-refractivity contribution in [2.75, 3.05) is 0 Å². The number of rotatable bonds is 6. The molecule has 0 saturated heterocycles. The van der Waals surface area contributed by atoms with Crippen molar-refractivity contribution in [1.29, 1.82) is 0 Å². The predicted octanol–water partition coefficient (Wildman–Crippen LogP) is 2.82. The highest BCUT2D eigenvalue weighted by molar-refractivity contribution is 5.98. The Balaban J connectivity index is 1.91. The molecule has 26 heavy (non-hydrogen) atoms. The number of amides is 3. The summed E-state index contributed by atoms with van der Waals surface area (Å²) in [4.78, 5) is 35.4. The number of nitrogens with one attached hydrogen (secondary N) is 2. The Morgan fingerprint density at radius 2 is 1.81 bits per heavy atom. The number of ether oxygens (including phenoxy) is 1. The maximum Gasteiger partial charge on any atom is 0.321 e. The van der Waals surface area contributed by atoms with Gasteiger partial charge in [-0.1, -0.05) is 30.3 Å². The smallest absolute Gasteiger partial charge is 0.321 e. The topological polar surface area (TPSA) is 84.5 Å². The molecule has 2 aromatic carbocycles. The Morgan fingerprint density at radius 3 is 2.46 bits per heavy atom. The van der Waals surface area contributed by atoms with E-state index in [2.05, 4.69) is 10.6 Å². The monoisotopic (exact) mass is 358 g/mol. The van der Waals surface area contributed by atoms with Crippen LogP contribution in [-0.2, 0) is 11.3 Å². The van der Waals surface area contributed by atoms with Crippen LogP contribution in [0.3, 0.4) is 0 Å². The molecule has 0 aliphatic rings. The molecule has 6 nitrogen and oxygen atoms in total. The minimum Gasteiger partial charge on any atom is -0.480 e. The summed E-state index contributed by atoms with van der Waals surface area (Å²) in [6, 6.07) is 12.0. The van der Waals surface area contributed by atoms with Gasteiger partial charge in [-0.25, -0.2) is 9.18 Å². The number of Topliss-reactive ketones (excluding diaryl/α,β-unsaturated/α-hetero) is 1. The summed E-state index contributed by atoms with van der Waals surface area (Å²) in [6.45, 7) is 2.96. The van der Waals surface area contributed by atoms with Gasteiger partial charge in [-0.3, -0.25) is 14.9 Å². The second kappa shape index (κ2) is 8.75. The van der Waals surface area contributed by atoms with E-state index in [4.69, 9.17) is 4.74 Å². The molecule has 0 heterocycles. The van der Waals surface area contributed by atoms with E-state index in [0.717, 1.165) is 17.7 Å². The average molecular weight is 358 g/mol. The molecule has 7 heteroatoms. The van der Waals surface area contributed by atoms with E-state index in [-0.39, 0.29) is 17.9 Å². The first-order valence-electron chi connectivity index (χ1n) is 7.96. The van der Waals surface area contributed by atoms with Crippen LogP contribution in [0.25, 0.3) is 0 Å². The molecule has 2 N–H and O–H groups in total. The Morgan fingerprint density at radius 1 is 1.12 bits per heavy atom. The molecule has 0 spiro atoms. The van der Waals surface area contributed by atoms with Crippen molar-refractivity contribution in [3.05, 3.63) is 65.5 Å². The second-order valence-corrected chi connectivity index (χ2v) is 5.61. The van der Waals surface area contributed by atoms with Crippen molar-refractivity contribution in [2.45, 2.75) is 26.5 Å². The van der Waals surface area contributed by atoms with Gasteiger partial charge in [0.1, 0.15) is 11.6 Å². The molecule has 0 aliphatic heterocycles. The fourth-order valence-electron chi connectivity index (χ4n) is 2.16. The second-order valence-electron chi connectivity index (χ2n) is 5.61. The molecule has 1 atom stereocenters. The minimum atomic E-state index is -1.05. The van der Waals surface area contributed by atoms with Gasteiger partial charge in [0, 0.05) is 6.54 Å². The van der Waals surface area contributed by atoms with Crippen molar-refractivity contribution < 1.29 is 23.5 Å². The van der Waals surface area contributed by atoms with Gasteiger partial charge < -0.3 is 10.1 Å².